The van der Waals surface area contributed by atoms with E-state index < -0.39 is 0 Å². The van der Waals surface area contributed by atoms with Crippen molar-refractivity contribution in [2.24, 2.45) is 0 Å². The topological polar surface area (TPSA) is 43.3 Å². The van der Waals surface area contributed by atoms with Gasteiger partial charge in [0.25, 0.3) is 0 Å². The molecule has 19 heavy (non-hydrogen) atoms. The number of aromatic nitrogens is 1. The van der Waals surface area contributed by atoms with E-state index in [0.717, 1.165) is 37.0 Å². The molecular formula is C15H18N2O2. The fourth-order valence-electron chi connectivity index (χ4n) is 2.78. The van der Waals surface area contributed by atoms with E-state index in [1.54, 1.807) is 0 Å². The molecule has 1 aromatic heterocycles. The quantitative estimate of drug-likeness (QED) is 0.860. The molecule has 0 saturated heterocycles. The van der Waals surface area contributed by atoms with Crippen LogP contribution in [-0.4, -0.2) is 17.6 Å². The minimum Gasteiger partial charge on any atom is -0.465 e. The van der Waals surface area contributed by atoms with Gasteiger partial charge in [0.15, 0.2) is 0 Å². The van der Waals surface area contributed by atoms with E-state index in [2.05, 4.69) is 28.9 Å². The number of fused-ring (bicyclic) bond motifs is 2. The Balaban J connectivity index is 2.23. The maximum absolute atomic E-state index is 11.9. The summed E-state index contributed by atoms with van der Waals surface area (Å²) in [5.41, 5.74) is 4.41. The molecule has 1 aliphatic heterocycles. The third-order valence-electron chi connectivity index (χ3n) is 3.70. The average molecular weight is 258 g/mol. The summed E-state index contributed by atoms with van der Waals surface area (Å²) in [7, 11) is 1.43. The number of benzene rings is 1. The summed E-state index contributed by atoms with van der Waals surface area (Å²) < 4.78 is 7.04. The molecule has 0 atom stereocenters. The minimum absolute atomic E-state index is 0.259. The highest BCUT2D eigenvalue weighted by Crippen LogP contribution is 2.28. The van der Waals surface area contributed by atoms with Gasteiger partial charge in [-0.3, -0.25) is 0 Å². The summed E-state index contributed by atoms with van der Waals surface area (Å²) in [5.74, 6) is -0.259. The molecule has 2 aromatic rings. The van der Waals surface area contributed by atoms with Gasteiger partial charge >= 0.3 is 5.97 Å². The van der Waals surface area contributed by atoms with Gasteiger partial charge in [-0.1, -0.05) is 6.92 Å². The number of esters is 1. The minimum atomic E-state index is -0.259. The number of nitrogens with one attached hydrogen (secondary N) is 1. The molecule has 0 aliphatic carbocycles. The van der Waals surface area contributed by atoms with Crippen molar-refractivity contribution in [3.8, 4) is 0 Å². The molecule has 4 heteroatoms. The number of carbonyl (C=O) groups excluding carboxylic acids is 1. The van der Waals surface area contributed by atoms with Gasteiger partial charge in [-0.2, -0.15) is 0 Å². The van der Waals surface area contributed by atoms with E-state index in [1.165, 1.54) is 18.2 Å². The number of rotatable bonds is 3. The van der Waals surface area contributed by atoms with Crippen LogP contribution in [0.4, 0.5) is 0 Å². The van der Waals surface area contributed by atoms with Crippen molar-refractivity contribution in [1.82, 2.24) is 9.88 Å². The van der Waals surface area contributed by atoms with Gasteiger partial charge in [-0.05, 0) is 29.7 Å². The number of carbonyl (C=O) groups is 1. The fourth-order valence-corrected chi connectivity index (χ4v) is 2.78. The molecule has 100 valence electrons. The van der Waals surface area contributed by atoms with Crippen LogP contribution >= 0.6 is 0 Å². The Morgan fingerprint density at radius 3 is 2.79 bits per heavy atom. The number of aryl methyl sites for hydroxylation is 1. The largest absolute Gasteiger partial charge is 0.465 e. The van der Waals surface area contributed by atoms with Crippen molar-refractivity contribution < 1.29 is 9.53 Å². The first kappa shape index (κ1) is 12.2. The van der Waals surface area contributed by atoms with Gasteiger partial charge in [0.05, 0.1) is 12.7 Å². The van der Waals surface area contributed by atoms with Crippen molar-refractivity contribution in [2.45, 2.75) is 33.0 Å². The van der Waals surface area contributed by atoms with Crippen molar-refractivity contribution in [3.63, 3.8) is 0 Å². The molecule has 0 radical (unpaired) electrons. The van der Waals surface area contributed by atoms with Crippen molar-refractivity contribution >= 4 is 16.9 Å². The molecule has 4 nitrogen and oxygen atoms in total. The van der Waals surface area contributed by atoms with Crippen LogP contribution in [0.15, 0.2) is 18.3 Å². The van der Waals surface area contributed by atoms with E-state index in [0.29, 0.717) is 5.56 Å². The van der Waals surface area contributed by atoms with Crippen LogP contribution in [0.3, 0.4) is 0 Å². The van der Waals surface area contributed by atoms with Crippen molar-refractivity contribution in [1.29, 1.82) is 0 Å². The number of hydrogen-bond donors (Lipinski definition) is 1. The lowest BCUT2D eigenvalue weighted by molar-refractivity contribution is 0.0602. The molecule has 2 heterocycles. The number of methoxy groups -OCH3 is 1. The SMILES string of the molecule is CCCn1cc(C(=O)OC)c2cc3c(cc21)CNC3. The van der Waals surface area contributed by atoms with E-state index in [9.17, 15) is 4.79 Å². The molecule has 0 saturated carbocycles. The van der Waals surface area contributed by atoms with Gasteiger partial charge in [0.1, 0.15) is 0 Å². The monoisotopic (exact) mass is 258 g/mol. The Morgan fingerprint density at radius 1 is 1.37 bits per heavy atom. The zero-order valence-corrected chi connectivity index (χ0v) is 11.3. The van der Waals surface area contributed by atoms with Crippen molar-refractivity contribution in [2.75, 3.05) is 7.11 Å². The van der Waals surface area contributed by atoms with E-state index in [1.807, 2.05) is 6.20 Å². The first-order valence-electron chi connectivity index (χ1n) is 6.68. The van der Waals surface area contributed by atoms with Crippen LogP contribution in [0.25, 0.3) is 10.9 Å². The highest BCUT2D eigenvalue weighted by Gasteiger charge is 2.19. The predicted molar refractivity (Wildman–Crippen MR) is 74.1 cm³/mol. The van der Waals surface area contributed by atoms with Crippen LogP contribution in [-0.2, 0) is 24.4 Å². The van der Waals surface area contributed by atoms with Crippen LogP contribution < -0.4 is 5.32 Å². The molecule has 1 aromatic carbocycles. The molecule has 0 amide bonds. The Bertz CT molecular complexity index is 643. The molecule has 1 aliphatic rings. The zero-order chi connectivity index (χ0) is 13.4. The third-order valence-corrected chi connectivity index (χ3v) is 3.70. The summed E-state index contributed by atoms with van der Waals surface area (Å²) >= 11 is 0. The van der Waals surface area contributed by atoms with E-state index >= 15 is 0 Å². The molecular weight excluding hydrogens is 240 g/mol. The van der Waals surface area contributed by atoms with Crippen LogP contribution in [0, 0.1) is 0 Å². The summed E-state index contributed by atoms with van der Waals surface area (Å²) in [6, 6.07) is 4.33. The lowest BCUT2D eigenvalue weighted by Gasteiger charge is -2.04. The van der Waals surface area contributed by atoms with Gasteiger partial charge in [0, 0.05) is 36.7 Å². The van der Waals surface area contributed by atoms with Crippen LogP contribution in [0.2, 0.25) is 0 Å². The second kappa shape index (κ2) is 4.70. The van der Waals surface area contributed by atoms with Crippen LogP contribution in [0.5, 0.6) is 0 Å². The highest BCUT2D eigenvalue weighted by molar-refractivity contribution is 6.04. The third kappa shape index (κ3) is 1.92. The number of ether oxygens (including phenoxy) is 1. The summed E-state index contributed by atoms with van der Waals surface area (Å²) in [6.45, 7) is 4.85. The molecule has 1 N–H and O–H groups in total. The Kier molecular flexibility index (Phi) is 3.03. The van der Waals surface area contributed by atoms with Gasteiger partial charge in [0.2, 0.25) is 0 Å². The van der Waals surface area contributed by atoms with Gasteiger partial charge in [-0.15, -0.1) is 0 Å². The Morgan fingerprint density at radius 2 is 2.11 bits per heavy atom. The predicted octanol–water partition coefficient (Wildman–Crippen LogP) is 2.44. The lowest BCUT2D eigenvalue weighted by atomic mass is 10.1. The summed E-state index contributed by atoms with van der Waals surface area (Å²) in [5, 5.41) is 4.34. The first-order valence-corrected chi connectivity index (χ1v) is 6.68. The smallest absolute Gasteiger partial charge is 0.340 e. The average Bonchev–Trinajstić information content (AvgIpc) is 3.01. The molecule has 0 unspecified atom stereocenters. The summed E-state index contributed by atoms with van der Waals surface area (Å²) in [6.07, 6.45) is 2.96. The summed E-state index contributed by atoms with van der Waals surface area (Å²) in [4.78, 5) is 11.9. The highest BCUT2D eigenvalue weighted by atomic mass is 16.5. The molecule has 3 rings (SSSR count). The number of nitrogens with zero attached hydrogens (tertiary/aromatic N) is 1. The first-order chi connectivity index (χ1) is 9.24. The maximum Gasteiger partial charge on any atom is 0.340 e. The van der Waals surface area contributed by atoms with Crippen LogP contribution in [0.1, 0.15) is 34.8 Å². The van der Waals surface area contributed by atoms with Gasteiger partial charge in [-0.25, -0.2) is 4.79 Å². The lowest BCUT2D eigenvalue weighted by Crippen LogP contribution is -2.01. The fraction of sp³-hybridized carbons (Fsp3) is 0.400. The second-order valence-corrected chi connectivity index (χ2v) is 4.97. The maximum atomic E-state index is 11.9. The molecule has 0 bridgehead atoms. The Hall–Kier alpha value is -1.81. The molecule has 0 spiro atoms. The molecule has 0 fully saturated rings. The Labute approximate surface area is 112 Å². The van der Waals surface area contributed by atoms with E-state index in [-0.39, 0.29) is 5.97 Å². The normalized spacial score (nSPS) is 13.8. The van der Waals surface area contributed by atoms with Crippen molar-refractivity contribution in [3.05, 3.63) is 35.0 Å². The second-order valence-electron chi connectivity index (χ2n) is 4.97. The van der Waals surface area contributed by atoms with E-state index in [4.69, 9.17) is 4.74 Å². The van der Waals surface area contributed by atoms with Gasteiger partial charge < -0.3 is 14.6 Å². The standard InChI is InChI=1S/C15H18N2O2/c1-3-4-17-9-13(15(18)19-2)12-5-10-7-16-8-11(10)6-14(12)17/h5-6,9,16H,3-4,7-8H2,1-2H3. The zero-order valence-electron chi connectivity index (χ0n) is 11.3. The number of hydrogen-bond acceptors (Lipinski definition) is 3.